The molecule has 1 saturated heterocycles. The SMILES string of the molecule is CCCCCC.Cc1c(-c2nc(N)ncc2C#N)cnn1C1CCN(C)CC1. The highest BCUT2D eigenvalue weighted by Crippen LogP contribution is 2.29. The fourth-order valence-corrected chi connectivity index (χ4v) is 3.45. The summed E-state index contributed by atoms with van der Waals surface area (Å²) in [6, 6.07) is 2.52. The lowest BCUT2D eigenvalue weighted by Gasteiger charge is -2.29. The Morgan fingerprint density at radius 1 is 1.18 bits per heavy atom. The molecule has 7 heteroatoms. The minimum absolute atomic E-state index is 0.167. The van der Waals surface area contributed by atoms with Crippen LogP contribution in [-0.4, -0.2) is 44.8 Å². The smallest absolute Gasteiger partial charge is 0.220 e. The van der Waals surface area contributed by atoms with Crippen molar-refractivity contribution in [1.82, 2.24) is 24.6 Å². The highest BCUT2D eigenvalue weighted by Gasteiger charge is 2.23. The van der Waals surface area contributed by atoms with E-state index < -0.39 is 0 Å². The first kappa shape index (κ1) is 21.8. The number of piperidine rings is 1. The molecular weight excluding hydrogens is 350 g/mol. The van der Waals surface area contributed by atoms with Crippen LogP contribution in [-0.2, 0) is 0 Å². The van der Waals surface area contributed by atoms with Crippen LogP contribution in [0.2, 0.25) is 0 Å². The van der Waals surface area contributed by atoms with Gasteiger partial charge < -0.3 is 10.6 Å². The molecule has 1 fully saturated rings. The number of likely N-dealkylation sites (tertiary alicyclic amines) is 1. The number of unbranched alkanes of at least 4 members (excludes halogenated alkanes) is 3. The molecule has 0 amide bonds. The third-order valence-corrected chi connectivity index (χ3v) is 5.22. The monoisotopic (exact) mass is 383 g/mol. The predicted molar refractivity (Wildman–Crippen MR) is 113 cm³/mol. The fourth-order valence-electron chi connectivity index (χ4n) is 3.45. The summed E-state index contributed by atoms with van der Waals surface area (Å²) in [5.41, 5.74) is 8.52. The molecule has 0 unspecified atom stereocenters. The summed E-state index contributed by atoms with van der Waals surface area (Å²) in [5, 5.41) is 13.8. The molecule has 0 radical (unpaired) electrons. The first-order valence-electron chi connectivity index (χ1n) is 10.3. The molecule has 2 aromatic rings. The van der Waals surface area contributed by atoms with E-state index in [9.17, 15) is 5.26 Å². The normalized spacial score (nSPS) is 15.0. The zero-order valence-corrected chi connectivity index (χ0v) is 17.6. The van der Waals surface area contributed by atoms with Crippen LogP contribution in [0.4, 0.5) is 5.95 Å². The molecule has 1 aliphatic heterocycles. The second-order valence-electron chi connectivity index (χ2n) is 7.43. The lowest BCUT2D eigenvalue weighted by atomic mass is 10.0. The first-order valence-corrected chi connectivity index (χ1v) is 10.3. The van der Waals surface area contributed by atoms with E-state index in [2.05, 4.69) is 51.6 Å². The molecule has 2 aromatic heterocycles. The summed E-state index contributed by atoms with van der Waals surface area (Å²) in [6.45, 7) is 8.62. The molecular formula is C21H33N7. The predicted octanol–water partition coefficient (Wildman–Crippen LogP) is 3.96. The van der Waals surface area contributed by atoms with Crippen molar-refractivity contribution >= 4 is 5.95 Å². The van der Waals surface area contributed by atoms with Crippen LogP contribution in [0.15, 0.2) is 12.4 Å². The van der Waals surface area contributed by atoms with Crippen molar-refractivity contribution in [3.8, 4) is 17.3 Å². The van der Waals surface area contributed by atoms with E-state index in [0.29, 0.717) is 17.3 Å². The van der Waals surface area contributed by atoms with E-state index in [-0.39, 0.29) is 5.95 Å². The van der Waals surface area contributed by atoms with E-state index in [0.717, 1.165) is 37.2 Å². The zero-order chi connectivity index (χ0) is 20.5. The number of nitrogens with zero attached hydrogens (tertiary/aromatic N) is 6. The standard InChI is InChI=1S/C15H19N7.C6H14/c1-10-13(14-11(7-16)8-18-15(17)20-14)9-19-22(10)12-3-5-21(2)6-4-12;1-3-5-6-4-2/h8-9,12H,3-6H2,1-2H3,(H2,17,18,20);3-6H2,1-2H3. The van der Waals surface area contributed by atoms with Gasteiger partial charge in [-0.2, -0.15) is 10.4 Å². The van der Waals surface area contributed by atoms with Crippen molar-refractivity contribution in [2.45, 2.75) is 65.3 Å². The van der Waals surface area contributed by atoms with Gasteiger partial charge in [0.15, 0.2) is 0 Å². The minimum atomic E-state index is 0.167. The Hall–Kier alpha value is -2.46. The lowest BCUT2D eigenvalue weighted by molar-refractivity contribution is 0.210. The van der Waals surface area contributed by atoms with E-state index in [1.807, 2.05) is 6.92 Å². The van der Waals surface area contributed by atoms with Crippen molar-refractivity contribution in [3.63, 3.8) is 0 Å². The third kappa shape index (κ3) is 5.52. The molecule has 0 saturated carbocycles. The molecule has 0 spiro atoms. The molecule has 0 aromatic carbocycles. The Labute approximate surface area is 168 Å². The summed E-state index contributed by atoms with van der Waals surface area (Å²) < 4.78 is 2.06. The Balaban J connectivity index is 0.000000409. The number of hydrogen-bond acceptors (Lipinski definition) is 6. The number of aromatic nitrogens is 4. The quantitative estimate of drug-likeness (QED) is 0.785. The van der Waals surface area contributed by atoms with Gasteiger partial charge in [-0.15, -0.1) is 0 Å². The highest BCUT2D eigenvalue weighted by atomic mass is 15.3. The second kappa shape index (κ2) is 10.8. The number of rotatable bonds is 5. The summed E-state index contributed by atoms with van der Waals surface area (Å²) in [6.07, 6.45) is 10.9. The molecule has 1 aliphatic rings. The van der Waals surface area contributed by atoms with Gasteiger partial charge in [0.1, 0.15) is 6.07 Å². The largest absolute Gasteiger partial charge is 0.368 e. The number of hydrogen-bond donors (Lipinski definition) is 1. The minimum Gasteiger partial charge on any atom is -0.368 e. The molecule has 0 aliphatic carbocycles. The van der Waals surface area contributed by atoms with Gasteiger partial charge in [0.25, 0.3) is 0 Å². The van der Waals surface area contributed by atoms with Crippen molar-refractivity contribution in [2.75, 3.05) is 25.9 Å². The van der Waals surface area contributed by atoms with Gasteiger partial charge in [0.05, 0.1) is 29.7 Å². The van der Waals surface area contributed by atoms with E-state index >= 15 is 0 Å². The maximum absolute atomic E-state index is 9.24. The van der Waals surface area contributed by atoms with Crippen LogP contribution in [0.3, 0.4) is 0 Å². The number of nitrogen functional groups attached to an aromatic ring is 1. The Morgan fingerprint density at radius 3 is 2.39 bits per heavy atom. The summed E-state index contributed by atoms with van der Waals surface area (Å²) in [4.78, 5) is 10.4. The number of nitriles is 1. The van der Waals surface area contributed by atoms with Gasteiger partial charge in [0, 0.05) is 11.3 Å². The van der Waals surface area contributed by atoms with Crippen molar-refractivity contribution in [1.29, 1.82) is 5.26 Å². The van der Waals surface area contributed by atoms with Crippen LogP contribution < -0.4 is 5.73 Å². The molecule has 0 atom stereocenters. The maximum Gasteiger partial charge on any atom is 0.220 e. The van der Waals surface area contributed by atoms with Crippen LogP contribution in [0.1, 0.15) is 69.7 Å². The summed E-state index contributed by atoms with van der Waals surface area (Å²) in [5.74, 6) is 0.167. The van der Waals surface area contributed by atoms with Gasteiger partial charge in [-0.3, -0.25) is 4.68 Å². The highest BCUT2D eigenvalue weighted by molar-refractivity contribution is 5.68. The first-order chi connectivity index (χ1) is 13.5. The van der Waals surface area contributed by atoms with Crippen molar-refractivity contribution < 1.29 is 0 Å². The Morgan fingerprint density at radius 2 is 1.82 bits per heavy atom. The van der Waals surface area contributed by atoms with Gasteiger partial charge in [-0.25, -0.2) is 9.97 Å². The lowest BCUT2D eigenvalue weighted by Crippen LogP contribution is -2.32. The molecule has 0 bridgehead atoms. The molecule has 7 nitrogen and oxygen atoms in total. The van der Waals surface area contributed by atoms with Crippen LogP contribution in [0, 0.1) is 18.3 Å². The maximum atomic E-state index is 9.24. The number of anilines is 1. The van der Waals surface area contributed by atoms with Crippen LogP contribution in [0.25, 0.3) is 11.3 Å². The topological polar surface area (TPSA) is 96.6 Å². The summed E-state index contributed by atoms with van der Waals surface area (Å²) >= 11 is 0. The average molecular weight is 384 g/mol. The van der Waals surface area contributed by atoms with E-state index in [1.165, 1.54) is 31.9 Å². The summed E-state index contributed by atoms with van der Waals surface area (Å²) in [7, 11) is 2.14. The van der Waals surface area contributed by atoms with Crippen molar-refractivity contribution in [2.24, 2.45) is 0 Å². The Kier molecular flexibility index (Phi) is 8.40. The number of nitrogens with two attached hydrogens (primary N) is 1. The van der Waals surface area contributed by atoms with E-state index in [1.54, 1.807) is 6.20 Å². The Bertz CT molecular complexity index is 779. The molecule has 152 valence electrons. The van der Waals surface area contributed by atoms with Gasteiger partial charge >= 0.3 is 0 Å². The van der Waals surface area contributed by atoms with Gasteiger partial charge in [0.2, 0.25) is 5.95 Å². The van der Waals surface area contributed by atoms with Crippen molar-refractivity contribution in [3.05, 3.63) is 23.7 Å². The average Bonchev–Trinajstić information content (AvgIpc) is 3.08. The molecule has 28 heavy (non-hydrogen) atoms. The molecule has 3 rings (SSSR count). The second-order valence-corrected chi connectivity index (χ2v) is 7.43. The fraction of sp³-hybridized carbons (Fsp3) is 0.619. The van der Waals surface area contributed by atoms with E-state index in [4.69, 9.17) is 5.73 Å². The molecule has 2 N–H and O–H groups in total. The zero-order valence-electron chi connectivity index (χ0n) is 17.6. The van der Waals surface area contributed by atoms with Crippen LogP contribution >= 0.6 is 0 Å². The van der Waals surface area contributed by atoms with Crippen LogP contribution in [0.5, 0.6) is 0 Å². The molecule has 3 heterocycles. The van der Waals surface area contributed by atoms with Gasteiger partial charge in [-0.05, 0) is 39.9 Å². The third-order valence-electron chi connectivity index (χ3n) is 5.22. The van der Waals surface area contributed by atoms with Gasteiger partial charge in [-0.1, -0.05) is 39.5 Å².